The third-order valence-electron chi connectivity index (χ3n) is 4.59. The molecule has 1 aliphatic rings. The summed E-state index contributed by atoms with van der Waals surface area (Å²) in [6.45, 7) is 0.532. The molecule has 0 aliphatic carbocycles. The van der Waals surface area contributed by atoms with Gasteiger partial charge in [-0.1, -0.05) is 48.5 Å². The van der Waals surface area contributed by atoms with Gasteiger partial charge in [-0.3, -0.25) is 14.6 Å². The van der Waals surface area contributed by atoms with Crippen LogP contribution in [0.15, 0.2) is 66.9 Å². The van der Waals surface area contributed by atoms with Crippen LogP contribution in [0, 0.1) is 0 Å². The molecule has 6 heteroatoms. The number of aromatic nitrogens is 1. The molecule has 1 N–H and O–H groups in total. The highest BCUT2D eigenvalue weighted by Gasteiger charge is 2.34. The van der Waals surface area contributed by atoms with Gasteiger partial charge in [0.1, 0.15) is 12.6 Å². The first-order valence-electron chi connectivity index (χ1n) is 8.78. The predicted molar refractivity (Wildman–Crippen MR) is 102 cm³/mol. The summed E-state index contributed by atoms with van der Waals surface area (Å²) < 4.78 is 5.34. The van der Waals surface area contributed by atoms with E-state index in [1.165, 1.54) is 0 Å². The molecule has 1 saturated heterocycles. The van der Waals surface area contributed by atoms with Gasteiger partial charge < -0.3 is 15.0 Å². The van der Waals surface area contributed by atoms with E-state index in [2.05, 4.69) is 10.3 Å². The van der Waals surface area contributed by atoms with Gasteiger partial charge in [-0.2, -0.15) is 0 Å². The second-order valence-electron chi connectivity index (χ2n) is 6.41. The third-order valence-corrected chi connectivity index (χ3v) is 4.59. The predicted octanol–water partition coefficient (Wildman–Crippen LogP) is 2.60. The Morgan fingerprint density at radius 2 is 1.93 bits per heavy atom. The highest BCUT2D eigenvalue weighted by molar-refractivity contribution is 6.03. The Balaban J connectivity index is 1.57. The maximum absolute atomic E-state index is 12.9. The van der Waals surface area contributed by atoms with Gasteiger partial charge in [0.2, 0.25) is 11.8 Å². The molecule has 1 aliphatic heterocycles. The van der Waals surface area contributed by atoms with E-state index in [1.54, 1.807) is 17.2 Å². The zero-order valence-electron chi connectivity index (χ0n) is 14.7. The summed E-state index contributed by atoms with van der Waals surface area (Å²) >= 11 is 0. The lowest BCUT2D eigenvalue weighted by Gasteiger charge is -2.34. The number of benzene rings is 2. The second kappa shape index (κ2) is 7.55. The number of nitrogens with zero attached hydrogens (tertiary/aromatic N) is 2. The number of nitrogens with one attached hydrogen (secondary N) is 1. The fraction of sp³-hybridized carbons (Fsp3) is 0.190. The highest BCUT2D eigenvalue weighted by Crippen LogP contribution is 2.22. The molecular formula is C21H19N3O3. The summed E-state index contributed by atoms with van der Waals surface area (Å²) in [5, 5.41) is 3.85. The zero-order chi connectivity index (χ0) is 18.6. The van der Waals surface area contributed by atoms with Crippen molar-refractivity contribution in [3.8, 4) is 0 Å². The van der Waals surface area contributed by atoms with Crippen molar-refractivity contribution >= 4 is 28.4 Å². The Kier molecular flexibility index (Phi) is 4.80. The Morgan fingerprint density at radius 1 is 1.11 bits per heavy atom. The van der Waals surface area contributed by atoms with Crippen LogP contribution in [0.25, 0.3) is 10.9 Å². The molecule has 27 heavy (non-hydrogen) atoms. The van der Waals surface area contributed by atoms with Crippen molar-refractivity contribution in [3.63, 3.8) is 0 Å². The maximum Gasteiger partial charge on any atom is 0.249 e. The summed E-state index contributed by atoms with van der Waals surface area (Å²) in [7, 11) is 0. The van der Waals surface area contributed by atoms with Gasteiger partial charge in [-0.15, -0.1) is 0 Å². The Labute approximate surface area is 156 Å². The number of carbonyl (C=O) groups is 2. The molecule has 0 spiro atoms. The van der Waals surface area contributed by atoms with E-state index in [9.17, 15) is 9.59 Å². The smallest absolute Gasteiger partial charge is 0.249 e. The molecule has 2 heterocycles. The lowest BCUT2D eigenvalue weighted by atomic mass is 10.1. The number of para-hydroxylation sites is 1. The van der Waals surface area contributed by atoms with Crippen molar-refractivity contribution < 1.29 is 14.3 Å². The first-order valence-corrected chi connectivity index (χ1v) is 8.78. The number of fused-ring (bicyclic) bond motifs is 1. The summed E-state index contributed by atoms with van der Waals surface area (Å²) in [6, 6.07) is 18.3. The van der Waals surface area contributed by atoms with Crippen molar-refractivity contribution in [2.45, 2.75) is 12.6 Å². The maximum atomic E-state index is 12.9. The van der Waals surface area contributed by atoms with Gasteiger partial charge in [-0.25, -0.2) is 0 Å². The monoisotopic (exact) mass is 361 g/mol. The zero-order valence-corrected chi connectivity index (χ0v) is 14.7. The number of anilines is 1. The molecule has 0 bridgehead atoms. The molecule has 1 atom stereocenters. The molecule has 6 nitrogen and oxygen atoms in total. The molecule has 1 fully saturated rings. The molecule has 0 radical (unpaired) electrons. The lowest BCUT2D eigenvalue weighted by molar-refractivity contribution is -0.154. The van der Waals surface area contributed by atoms with Crippen LogP contribution >= 0.6 is 0 Å². The van der Waals surface area contributed by atoms with Crippen LogP contribution in [0.4, 0.5) is 5.69 Å². The first kappa shape index (κ1) is 17.2. The standard InChI is InChI=1S/C21H19N3O3/c25-19-14-27-13-18(24(19)12-15-6-2-1-3-7-15)21(26)23-17-10-4-8-16-9-5-11-22-20(16)17/h1-11,18H,12-14H2,(H,23,26)/t18-/m0/s1. The second-order valence-corrected chi connectivity index (χ2v) is 6.41. The van der Waals surface area contributed by atoms with Gasteiger partial charge in [0.05, 0.1) is 17.8 Å². The largest absolute Gasteiger partial charge is 0.369 e. The van der Waals surface area contributed by atoms with Crippen molar-refractivity contribution in [1.82, 2.24) is 9.88 Å². The first-order chi connectivity index (χ1) is 13.2. The Bertz CT molecular complexity index is 969. The quantitative estimate of drug-likeness (QED) is 0.775. The summed E-state index contributed by atoms with van der Waals surface area (Å²) in [6.07, 6.45) is 1.69. The fourth-order valence-electron chi connectivity index (χ4n) is 3.22. The number of amides is 2. The van der Waals surface area contributed by atoms with Crippen LogP contribution in [0.2, 0.25) is 0 Å². The molecule has 4 rings (SSSR count). The van der Waals surface area contributed by atoms with Crippen LogP contribution in [0.1, 0.15) is 5.56 Å². The Hall–Kier alpha value is -3.25. The van der Waals surface area contributed by atoms with E-state index in [4.69, 9.17) is 4.74 Å². The van der Waals surface area contributed by atoms with Crippen LogP contribution in [0.5, 0.6) is 0 Å². The average Bonchev–Trinajstić information content (AvgIpc) is 2.70. The van der Waals surface area contributed by atoms with Gasteiger partial charge in [-0.05, 0) is 17.7 Å². The molecule has 2 amide bonds. The molecule has 3 aromatic rings. The van der Waals surface area contributed by atoms with Crippen molar-refractivity contribution in [3.05, 3.63) is 72.4 Å². The number of hydrogen-bond acceptors (Lipinski definition) is 4. The minimum absolute atomic E-state index is 0.00750. The van der Waals surface area contributed by atoms with Crippen LogP contribution < -0.4 is 5.32 Å². The van der Waals surface area contributed by atoms with Crippen molar-refractivity contribution in [2.75, 3.05) is 18.5 Å². The summed E-state index contributed by atoms with van der Waals surface area (Å²) in [5.41, 5.74) is 2.30. The average molecular weight is 361 g/mol. The molecule has 0 unspecified atom stereocenters. The fourth-order valence-corrected chi connectivity index (χ4v) is 3.22. The normalized spacial score (nSPS) is 17.1. The van der Waals surface area contributed by atoms with Gasteiger partial charge in [0, 0.05) is 18.1 Å². The number of pyridine rings is 1. The van der Waals surface area contributed by atoms with E-state index in [1.807, 2.05) is 54.6 Å². The van der Waals surface area contributed by atoms with E-state index in [-0.39, 0.29) is 25.0 Å². The lowest BCUT2D eigenvalue weighted by Crippen LogP contribution is -2.54. The van der Waals surface area contributed by atoms with Crippen LogP contribution in [-0.4, -0.2) is 41.0 Å². The number of morpholine rings is 1. The summed E-state index contributed by atoms with van der Waals surface area (Å²) in [5.74, 6) is -0.474. The Morgan fingerprint density at radius 3 is 2.78 bits per heavy atom. The third kappa shape index (κ3) is 3.66. The van der Waals surface area contributed by atoms with Crippen molar-refractivity contribution in [2.24, 2.45) is 0 Å². The van der Waals surface area contributed by atoms with Crippen LogP contribution in [0.3, 0.4) is 0 Å². The van der Waals surface area contributed by atoms with Gasteiger partial charge >= 0.3 is 0 Å². The minimum atomic E-state index is -0.689. The molecule has 0 saturated carbocycles. The van der Waals surface area contributed by atoms with Gasteiger partial charge in [0.15, 0.2) is 0 Å². The molecule has 1 aromatic heterocycles. The van der Waals surface area contributed by atoms with E-state index < -0.39 is 6.04 Å². The minimum Gasteiger partial charge on any atom is -0.369 e. The summed E-state index contributed by atoms with van der Waals surface area (Å²) in [4.78, 5) is 31.3. The van der Waals surface area contributed by atoms with E-state index in [0.717, 1.165) is 10.9 Å². The number of hydrogen-bond donors (Lipinski definition) is 1. The SMILES string of the molecule is O=C(Nc1cccc2cccnc12)[C@@H]1COCC(=O)N1Cc1ccccc1. The van der Waals surface area contributed by atoms with Crippen LogP contribution in [-0.2, 0) is 20.9 Å². The van der Waals surface area contributed by atoms with E-state index >= 15 is 0 Å². The van der Waals surface area contributed by atoms with Gasteiger partial charge in [0.25, 0.3) is 0 Å². The molecule has 2 aromatic carbocycles. The topological polar surface area (TPSA) is 71.5 Å². The molecule has 136 valence electrons. The number of carbonyl (C=O) groups excluding carboxylic acids is 2. The number of rotatable bonds is 4. The highest BCUT2D eigenvalue weighted by atomic mass is 16.5. The van der Waals surface area contributed by atoms with Crippen molar-refractivity contribution in [1.29, 1.82) is 0 Å². The van der Waals surface area contributed by atoms with E-state index in [0.29, 0.717) is 17.7 Å². The number of ether oxygens (including phenoxy) is 1. The molecular weight excluding hydrogens is 342 g/mol.